The second kappa shape index (κ2) is 6.42. The number of carbonyl (C=O) groups excluding carboxylic acids is 1. The monoisotopic (exact) mass is 323 g/mol. The van der Waals surface area contributed by atoms with Gasteiger partial charge in [0.1, 0.15) is 0 Å². The van der Waals surface area contributed by atoms with E-state index in [1.165, 1.54) is 12.1 Å². The average Bonchev–Trinajstić information content (AvgIpc) is 2.54. The number of para-hydroxylation sites is 1. The zero-order valence-corrected chi connectivity index (χ0v) is 12.4. The lowest BCUT2D eigenvalue weighted by molar-refractivity contribution is -0.137. The Morgan fingerprint density at radius 3 is 2.17 bits per heavy atom. The molecule has 2 rings (SSSR count). The molecule has 6 heteroatoms. The van der Waals surface area contributed by atoms with Gasteiger partial charge in [0.15, 0.2) is 5.60 Å². The van der Waals surface area contributed by atoms with Crippen molar-refractivity contribution in [2.24, 2.45) is 0 Å². The number of aliphatic hydroxyl groups is 1. The summed E-state index contributed by atoms with van der Waals surface area (Å²) in [4.78, 5) is 12.4. The summed E-state index contributed by atoms with van der Waals surface area (Å²) in [7, 11) is 0. The molecule has 0 radical (unpaired) electrons. The highest BCUT2D eigenvalue weighted by Crippen LogP contribution is 2.35. The van der Waals surface area contributed by atoms with Crippen LogP contribution >= 0.6 is 0 Å². The van der Waals surface area contributed by atoms with Gasteiger partial charge in [0.2, 0.25) is 0 Å². The minimum Gasteiger partial charge on any atom is -0.375 e. The van der Waals surface area contributed by atoms with Crippen LogP contribution in [0.25, 0.3) is 0 Å². The van der Waals surface area contributed by atoms with Gasteiger partial charge in [-0.3, -0.25) is 4.79 Å². The van der Waals surface area contributed by atoms with Gasteiger partial charge >= 0.3 is 6.18 Å². The number of hydrogen-bond acceptors (Lipinski definition) is 2. The maximum atomic E-state index is 13.0. The first-order chi connectivity index (χ1) is 10.8. The quantitative estimate of drug-likeness (QED) is 0.895. The summed E-state index contributed by atoms with van der Waals surface area (Å²) >= 11 is 0. The van der Waals surface area contributed by atoms with Crippen molar-refractivity contribution in [3.63, 3.8) is 0 Å². The minimum atomic E-state index is -4.60. The van der Waals surface area contributed by atoms with E-state index in [0.717, 1.165) is 12.1 Å². The minimum absolute atomic E-state index is 0.0248. The van der Waals surface area contributed by atoms with Crippen molar-refractivity contribution >= 4 is 11.6 Å². The third kappa shape index (κ3) is 3.53. The van der Waals surface area contributed by atoms with Crippen molar-refractivity contribution in [3.8, 4) is 0 Å². The van der Waals surface area contributed by atoms with Gasteiger partial charge < -0.3 is 10.4 Å². The van der Waals surface area contributed by atoms with E-state index >= 15 is 0 Å². The summed E-state index contributed by atoms with van der Waals surface area (Å²) in [6.07, 6.45) is -4.57. The highest BCUT2D eigenvalue weighted by Gasteiger charge is 2.38. The second-order valence-corrected chi connectivity index (χ2v) is 5.08. The van der Waals surface area contributed by atoms with E-state index in [9.17, 15) is 23.1 Å². The molecule has 2 aromatic carbocycles. The lowest BCUT2D eigenvalue weighted by atomic mass is 9.90. The normalized spacial score (nSPS) is 14.1. The fourth-order valence-electron chi connectivity index (χ4n) is 2.27. The summed E-state index contributed by atoms with van der Waals surface area (Å²) in [6.45, 7) is 1.59. The van der Waals surface area contributed by atoms with Crippen LogP contribution in [0.2, 0.25) is 0 Å². The average molecular weight is 323 g/mol. The number of alkyl halides is 3. The van der Waals surface area contributed by atoms with Crippen LogP contribution in [0.15, 0.2) is 54.6 Å². The van der Waals surface area contributed by atoms with Crippen LogP contribution in [0.4, 0.5) is 18.9 Å². The molecule has 0 aliphatic rings. The molecule has 0 fully saturated rings. The van der Waals surface area contributed by atoms with Gasteiger partial charge in [-0.15, -0.1) is 0 Å². The Labute approximate surface area is 131 Å². The number of amides is 1. The van der Waals surface area contributed by atoms with Crippen LogP contribution < -0.4 is 5.32 Å². The van der Waals surface area contributed by atoms with E-state index in [4.69, 9.17) is 0 Å². The predicted octanol–water partition coefficient (Wildman–Crippen LogP) is 3.94. The van der Waals surface area contributed by atoms with Gasteiger partial charge in [-0.1, -0.05) is 49.4 Å². The molecule has 0 saturated carbocycles. The molecule has 23 heavy (non-hydrogen) atoms. The molecule has 0 saturated heterocycles. The molecule has 0 aliphatic carbocycles. The molecular formula is C17H16F3NO2. The summed E-state index contributed by atoms with van der Waals surface area (Å²) in [5, 5.41) is 12.8. The number of nitrogens with one attached hydrogen (secondary N) is 1. The second-order valence-electron chi connectivity index (χ2n) is 5.08. The third-order valence-electron chi connectivity index (χ3n) is 3.62. The Morgan fingerprint density at radius 1 is 1.04 bits per heavy atom. The number of carbonyl (C=O) groups is 1. The molecule has 0 heterocycles. The topological polar surface area (TPSA) is 49.3 Å². The summed E-state index contributed by atoms with van der Waals surface area (Å²) in [5.41, 5.74) is -2.92. The number of anilines is 1. The first-order valence-electron chi connectivity index (χ1n) is 7.04. The largest absolute Gasteiger partial charge is 0.418 e. The van der Waals surface area contributed by atoms with Gasteiger partial charge in [0.05, 0.1) is 11.3 Å². The van der Waals surface area contributed by atoms with Crippen molar-refractivity contribution in [3.05, 3.63) is 65.7 Å². The SMILES string of the molecule is CC[C@@](O)(C(=O)Nc1ccccc1C(F)(F)F)c1ccccc1. The Bertz CT molecular complexity index is 686. The fourth-order valence-corrected chi connectivity index (χ4v) is 2.27. The summed E-state index contributed by atoms with van der Waals surface area (Å²) < 4.78 is 39.0. The van der Waals surface area contributed by atoms with Crippen molar-refractivity contribution in [1.82, 2.24) is 0 Å². The lowest BCUT2D eigenvalue weighted by Crippen LogP contribution is -2.40. The molecule has 0 aliphatic heterocycles. The third-order valence-corrected chi connectivity index (χ3v) is 3.62. The Morgan fingerprint density at radius 2 is 1.61 bits per heavy atom. The van der Waals surface area contributed by atoms with E-state index in [0.29, 0.717) is 5.56 Å². The first kappa shape index (κ1) is 17.0. The summed E-state index contributed by atoms with van der Waals surface area (Å²) in [5.74, 6) is -0.900. The zero-order valence-electron chi connectivity index (χ0n) is 12.4. The lowest BCUT2D eigenvalue weighted by Gasteiger charge is -2.26. The van der Waals surface area contributed by atoms with Crippen LogP contribution in [0.1, 0.15) is 24.5 Å². The standard InChI is InChI=1S/C17H16F3NO2/c1-2-16(23,12-8-4-3-5-9-12)15(22)21-14-11-7-6-10-13(14)17(18,19)20/h3-11,23H,2H2,1H3,(H,21,22)/t16-/m0/s1. The van der Waals surface area contributed by atoms with Crippen LogP contribution in [-0.4, -0.2) is 11.0 Å². The Balaban J connectivity index is 2.35. The summed E-state index contributed by atoms with van der Waals surface area (Å²) in [6, 6.07) is 12.8. The van der Waals surface area contributed by atoms with Crippen molar-refractivity contribution < 1.29 is 23.1 Å². The zero-order chi connectivity index (χ0) is 17.1. The Hall–Kier alpha value is -2.34. The maximum Gasteiger partial charge on any atom is 0.418 e. The van der Waals surface area contributed by atoms with Crippen LogP contribution in [0, 0.1) is 0 Å². The Kier molecular flexibility index (Phi) is 4.75. The molecule has 1 amide bonds. The van der Waals surface area contributed by atoms with Gasteiger partial charge in [-0.25, -0.2) is 0 Å². The highest BCUT2D eigenvalue weighted by molar-refractivity contribution is 5.98. The van der Waals surface area contributed by atoms with Crippen molar-refractivity contribution in [1.29, 1.82) is 0 Å². The van der Waals surface area contributed by atoms with E-state index in [2.05, 4.69) is 5.32 Å². The highest BCUT2D eigenvalue weighted by atomic mass is 19.4. The fraction of sp³-hybridized carbons (Fsp3) is 0.235. The van der Waals surface area contributed by atoms with Crippen LogP contribution in [-0.2, 0) is 16.6 Å². The molecule has 2 aromatic rings. The molecule has 0 unspecified atom stereocenters. The van der Waals surface area contributed by atoms with Crippen molar-refractivity contribution in [2.75, 3.05) is 5.32 Å². The maximum absolute atomic E-state index is 13.0. The number of halogens is 3. The van der Waals surface area contributed by atoms with Crippen LogP contribution in [0.3, 0.4) is 0 Å². The molecule has 0 spiro atoms. The van der Waals surface area contributed by atoms with E-state index in [1.807, 2.05) is 0 Å². The van der Waals surface area contributed by atoms with Gasteiger partial charge in [-0.05, 0) is 24.1 Å². The molecule has 0 bridgehead atoms. The molecule has 3 nitrogen and oxygen atoms in total. The molecule has 0 aromatic heterocycles. The molecule has 1 atom stereocenters. The van der Waals surface area contributed by atoms with E-state index < -0.39 is 23.2 Å². The number of hydrogen-bond donors (Lipinski definition) is 2. The van der Waals surface area contributed by atoms with E-state index in [1.54, 1.807) is 37.3 Å². The van der Waals surface area contributed by atoms with Crippen molar-refractivity contribution in [2.45, 2.75) is 25.1 Å². The molecular weight excluding hydrogens is 307 g/mol. The van der Waals surface area contributed by atoms with E-state index in [-0.39, 0.29) is 12.1 Å². The van der Waals surface area contributed by atoms with Gasteiger partial charge in [0.25, 0.3) is 5.91 Å². The molecule has 122 valence electrons. The van der Waals surface area contributed by atoms with Gasteiger partial charge in [-0.2, -0.15) is 13.2 Å². The number of rotatable bonds is 4. The first-order valence-corrected chi connectivity index (χ1v) is 7.04. The van der Waals surface area contributed by atoms with Crippen LogP contribution in [0.5, 0.6) is 0 Å². The van der Waals surface area contributed by atoms with Gasteiger partial charge in [0, 0.05) is 0 Å². The number of benzene rings is 2. The molecule has 2 N–H and O–H groups in total. The predicted molar refractivity (Wildman–Crippen MR) is 80.7 cm³/mol. The smallest absolute Gasteiger partial charge is 0.375 e.